The lowest BCUT2D eigenvalue weighted by molar-refractivity contribution is 0.0893. The number of aryl methyl sites for hydroxylation is 1. The maximum absolute atomic E-state index is 6.28. The van der Waals surface area contributed by atoms with Gasteiger partial charge in [0.1, 0.15) is 0 Å². The third-order valence-corrected chi connectivity index (χ3v) is 3.54. The molecule has 1 aromatic rings. The Morgan fingerprint density at radius 3 is 2.81 bits per heavy atom. The summed E-state index contributed by atoms with van der Waals surface area (Å²) >= 11 is 0. The first-order chi connectivity index (χ1) is 7.61. The Labute approximate surface area is 97.4 Å². The zero-order valence-corrected chi connectivity index (χ0v) is 10.4. The summed E-state index contributed by atoms with van der Waals surface area (Å²) in [7, 11) is 2.00. The fourth-order valence-corrected chi connectivity index (χ4v) is 2.70. The zero-order valence-electron chi connectivity index (χ0n) is 10.4. The second kappa shape index (κ2) is 4.55. The number of likely N-dealkylation sites (tertiary alicyclic amines) is 1. The van der Waals surface area contributed by atoms with Crippen LogP contribution in [0.4, 0.5) is 0 Å². The summed E-state index contributed by atoms with van der Waals surface area (Å²) in [4.78, 5) is 2.49. The topological polar surface area (TPSA) is 47.1 Å². The van der Waals surface area contributed by atoms with E-state index in [4.69, 9.17) is 5.73 Å². The fourth-order valence-electron chi connectivity index (χ4n) is 2.70. The van der Waals surface area contributed by atoms with Gasteiger partial charge in [-0.1, -0.05) is 0 Å². The predicted molar refractivity (Wildman–Crippen MR) is 65.0 cm³/mol. The van der Waals surface area contributed by atoms with E-state index >= 15 is 0 Å². The first kappa shape index (κ1) is 11.6. The number of hydrogen-bond donors (Lipinski definition) is 1. The molecule has 1 aliphatic rings. The standard InChI is InChI=1S/C12H22N4/c1-9(2)16-8-4-5-10(13)12(16)11-6-7-14-15(11)3/h6-7,9-10,12H,4-5,8,13H2,1-3H3. The molecule has 1 saturated heterocycles. The van der Waals surface area contributed by atoms with Gasteiger partial charge >= 0.3 is 0 Å². The molecule has 2 unspecified atom stereocenters. The Bertz CT molecular complexity index is 345. The van der Waals surface area contributed by atoms with Gasteiger partial charge in [0.25, 0.3) is 0 Å². The summed E-state index contributed by atoms with van der Waals surface area (Å²) in [6.45, 7) is 5.62. The van der Waals surface area contributed by atoms with Crippen LogP contribution in [0.15, 0.2) is 12.3 Å². The highest BCUT2D eigenvalue weighted by Gasteiger charge is 2.33. The molecule has 90 valence electrons. The number of piperidine rings is 1. The van der Waals surface area contributed by atoms with Gasteiger partial charge in [-0.2, -0.15) is 5.10 Å². The van der Waals surface area contributed by atoms with Crippen molar-refractivity contribution in [2.24, 2.45) is 12.8 Å². The first-order valence-electron chi connectivity index (χ1n) is 6.10. The van der Waals surface area contributed by atoms with E-state index in [0.717, 1.165) is 13.0 Å². The van der Waals surface area contributed by atoms with Gasteiger partial charge in [-0.25, -0.2) is 0 Å². The lowest BCUT2D eigenvalue weighted by Crippen LogP contribution is -2.49. The molecular formula is C12H22N4. The van der Waals surface area contributed by atoms with Gasteiger partial charge in [0.05, 0.1) is 11.7 Å². The van der Waals surface area contributed by atoms with E-state index in [1.807, 2.05) is 17.9 Å². The summed E-state index contributed by atoms with van der Waals surface area (Å²) in [5.74, 6) is 0. The number of nitrogens with two attached hydrogens (primary N) is 1. The molecular weight excluding hydrogens is 200 g/mol. The van der Waals surface area contributed by atoms with E-state index in [1.165, 1.54) is 12.1 Å². The monoisotopic (exact) mass is 222 g/mol. The Morgan fingerprint density at radius 2 is 2.25 bits per heavy atom. The minimum absolute atomic E-state index is 0.228. The highest BCUT2D eigenvalue weighted by Crippen LogP contribution is 2.31. The molecule has 2 heterocycles. The van der Waals surface area contributed by atoms with E-state index in [0.29, 0.717) is 12.1 Å². The Balaban J connectivity index is 2.30. The van der Waals surface area contributed by atoms with Gasteiger partial charge in [-0.15, -0.1) is 0 Å². The number of nitrogens with zero attached hydrogens (tertiary/aromatic N) is 3. The van der Waals surface area contributed by atoms with E-state index < -0.39 is 0 Å². The quantitative estimate of drug-likeness (QED) is 0.820. The molecule has 4 heteroatoms. The number of rotatable bonds is 2. The third kappa shape index (κ3) is 1.99. The van der Waals surface area contributed by atoms with E-state index in [1.54, 1.807) is 0 Å². The molecule has 16 heavy (non-hydrogen) atoms. The van der Waals surface area contributed by atoms with Crippen LogP contribution in [0.5, 0.6) is 0 Å². The van der Waals surface area contributed by atoms with Crippen molar-refractivity contribution in [2.75, 3.05) is 6.54 Å². The van der Waals surface area contributed by atoms with Crippen molar-refractivity contribution in [3.63, 3.8) is 0 Å². The van der Waals surface area contributed by atoms with Gasteiger partial charge in [0, 0.05) is 25.3 Å². The van der Waals surface area contributed by atoms with Crippen molar-refractivity contribution in [3.8, 4) is 0 Å². The van der Waals surface area contributed by atoms with Crippen molar-refractivity contribution < 1.29 is 0 Å². The fraction of sp³-hybridized carbons (Fsp3) is 0.750. The van der Waals surface area contributed by atoms with Crippen molar-refractivity contribution in [2.45, 2.75) is 44.8 Å². The summed E-state index contributed by atoms with van der Waals surface area (Å²) in [5.41, 5.74) is 7.52. The zero-order chi connectivity index (χ0) is 11.7. The van der Waals surface area contributed by atoms with E-state index in [9.17, 15) is 0 Å². The van der Waals surface area contributed by atoms with Crippen molar-refractivity contribution >= 4 is 0 Å². The molecule has 2 N–H and O–H groups in total. The lowest BCUT2D eigenvalue weighted by Gasteiger charge is -2.42. The summed E-state index contributed by atoms with van der Waals surface area (Å²) in [6, 6.07) is 3.17. The van der Waals surface area contributed by atoms with Gasteiger partial charge in [0.15, 0.2) is 0 Å². The molecule has 0 radical (unpaired) electrons. The van der Waals surface area contributed by atoms with Gasteiger partial charge in [-0.05, 0) is 39.3 Å². The Kier molecular flexibility index (Phi) is 3.30. The smallest absolute Gasteiger partial charge is 0.0672 e. The van der Waals surface area contributed by atoms with Crippen LogP contribution in [0.1, 0.15) is 38.4 Å². The maximum Gasteiger partial charge on any atom is 0.0672 e. The Morgan fingerprint density at radius 1 is 1.50 bits per heavy atom. The van der Waals surface area contributed by atoms with Gasteiger partial charge in [0.2, 0.25) is 0 Å². The molecule has 0 bridgehead atoms. The van der Waals surface area contributed by atoms with Crippen LogP contribution in [0.25, 0.3) is 0 Å². The normalized spacial score (nSPS) is 27.6. The van der Waals surface area contributed by atoms with Crippen LogP contribution in [0.3, 0.4) is 0 Å². The maximum atomic E-state index is 6.28. The molecule has 0 spiro atoms. The average molecular weight is 222 g/mol. The lowest BCUT2D eigenvalue weighted by atomic mass is 9.93. The van der Waals surface area contributed by atoms with Crippen LogP contribution in [0.2, 0.25) is 0 Å². The van der Waals surface area contributed by atoms with E-state index in [-0.39, 0.29) is 6.04 Å². The first-order valence-corrected chi connectivity index (χ1v) is 6.10. The van der Waals surface area contributed by atoms with Gasteiger partial charge < -0.3 is 5.73 Å². The Hall–Kier alpha value is -0.870. The van der Waals surface area contributed by atoms with E-state index in [2.05, 4.69) is 29.9 Å². The second-order valence-corrected chi connectivity index (χ2v) is 4.96. The molecule has 0 saturated carbocycles. The average Bonchev–Trinajstić information content (AvgIpc) is 2.64. The van der Waals surface area contributed by atoms with Crippen LogP contribution in [0, 0.1) is 0 Å². The molecule has 0 amide bonds. The SMILES string of the molecule is CC(C)N1CCCC(N)C1c1ccnn1C. The molecule has 1 aliphatic heterocycles. The number of hydrogen-bond acceptors (Lipinski definition) is 3. The van der Waals surface area contributed by atoms with Crippen LogP contribution in [-0.2, 0) is 7.05 Å². The summed E-state index contributed by atoms with van der Waals surface area (Å²) in [5, 5.41) is 4.25. The minimum Gasteiger partial charge on any atom is -0.326 e. The summed E-state index contributed by atoms with van der Waals surface area (Å²) in [6.07, 6.45) is 4.17. The molecule has 0 aliphatic carbocycles. The number of aromatic nitrogens is 2. The summed E-state index contributed by atoms with van der Waals surface area (Å²) < 4.78 is 1.95. The largest absolute Gasteiger partial charge is 0.326 e. The minimum atomic E-state index is 0.228. The van der Waals surface area contributed by atoms with Crippen molar-refractivity contribution in [3.05, 3.63) is 18.0 Å². The third-order valence-electron chi connectivity index (χ3n) is 3.54. The molecule has 4 nitrogen and oxygen atoms in total. The second-order valence-electron chi connectivity index (χ2n) is 4.96. The van der Waals surface area contributed by atoms with Crippen LogP contribution < -0.4 is 5.73 Å². The van der Waals surface area contributed by atoms with Crippen LogP contribution in [-0.4, -0.2) is 33.3 Å². The van der Waals surface area contributed by atoms with Gasteiger partial charge in [-0.3, -0.25) is 9.58 Å². The molecule has 1 aromatic heterocycles. The van der Waals surface area contributed by atoms with Crippen LogP contribution >= 0.6 is 0 Å². The molecule has 2 rings (SSSR count). The molecule has 0 aromatic carbocycles. The molecule has 1 fully saturated rings. The highest BCUT2D eigenvalue weighted by atomic mass is 15.3. The molecule has 2 atom stereocenters. The van der Waals surface area contributed by atoms with Crippen molar-refractivity contribution in [1.29, 1.82) is 0 Å². The predicted octanol–water partition coefficient (Wildman–Crippen LogP) is 1.29. The van der Waals surface area contributed by atoms with Crippen molar-refractivity contribution in [1.82, 2.24) is 14.7 Å². The highest BCUT2D eigenvalue weighted by molar-refractivity contribution is 5.11.